The molecule has 0 rings (SSSR count). The smallest absolute Gasteiger partial charge is 0.166 e. The molecule has 0 aromatic carbocycles. The second-order valence-corrected chi connectivity index (χ2v) is 2.08. The lowest BCUT2D eigenvalue weighted by Gasteiger charge is -2.07. The summed E-state index contributed by atoms with van der Waals surface area (Å²) in [6.45, 7) is 3.09. The highest BCUT2D eigenvalue weighted by atomic mass is 19.4. The Morgan fingerprint density at radius 2 is 1.82 bits per heavy atom. The van der Waals surface area contributed by atoms with Crippen molar-refractivity contribution in [1.29, 1.82) is 0 Å². The third kappa shape index (κ3) is 3.86. The van der Waals surface area contributed by atoms with E-state index in [-0.39, 0.29) is 6.42 Å². The van der Waals surface area contributed by atoms with E-state index in [0.717, 1.165) is 6.08 Å². The Morgan fingerprint density at radius 1 is 1.27 bits per heavy atom. The highest BCUT2D eigenvalue weighted by Gasteiger charge is 2.31. The van der Waals surface area contributed by atoms with Crippen molar-refractivity contribution in [3.05, 3.63) is 23.8 Å². The van der Waals surface area contributed by atoms with Crippen LogP contribution >= 0.6 is 0 Å². The first kappa shape index (κ1) is 10.3. The summed E-state index contributed by atoms with van der Waals surface area (Å²) >= 11 is 0. The largest absolute Gasteiger partial charge is 0.412 e. The van der Waals surface area contributed by atoms with Gasteiger partial charge in [-0.2, -0.15) is 13.2 Å². The van der Waals surface area contributed by atoms with Gasteiger partial charge in [-0.1, -0.05) is 18.2 Å². The molecule has 11 heavy (non-hydrogen) atoms. The van der Waals surface area contributed by atoms with E-state index in [2.05, 4.69) is 0 Å². The second-order valence-electron chi connectivity index (χ2n) is 2.08. The predicted molar refractivity (Wildman–Crippen MR) is 39.2 cm³/mol. The van der Waals surface area contributed by atoms with Gasteiger partial charge in [0, 0.05) is 5.57 Å². The van der Waals surface area contributed by atoms with Gasteiger partial charge < -0.3 is 0 Å². The van der Waals surface area contributed by atoms with Crippen molar-refractivity contribution in [2.45, 2.75) is 26.4 Å². The summed E-state index contributed by atoms with van der Waals surface area (Å²) in [5.41, 5.74) is -0.490. The molecule has 0 nitrogen and oxygen atoms in total. The van der Waals surface area contributed by atoms with Gasteiger partial charge in [-0.25, -0.2) is 0 Å². The zero-order chi connectivity index (χ0) is 8.91. The van der Waals surface area contributed by atoms with E-state index in [9.17, 15) is 13.2 Å². The maximum absolute atomic E-state index is 11.9. The number of halogens is 3. The fourth-order valence-electron chi connectivity index (χ4n) is 0.642. The Bertz CT molecular complexity index is 163. The second kappa shape index (κ2) is 4.21. The van der Waals surface area contributed by atoms with Gasteiger partial charge >= 0.3 is 6.18 Å². The molecule has 0 aromatic heterocycles. The lowest BCUT2D eigenvalue weighted by Crippen LogP contribution is -2.10. The first-order chi connectivity index (χ1) is 5.02. The van der Waals surface area contributed by atoms with Crippen LogP contribution in [-0.4, -0.2) is 6.18 Å². The molecule has 0 N–H and O–H groups in total. The Morgan fingerprint density at radius 3 is 2.09 bits per heavy atom. The molecule has 0 unspecified atom stereocenters. The van der Waals surface area contributed by atoms with Crippen molar-refractivity contribution in [2.24, 2.45) is 0 Å². The first-order valence-corrected chi connectivity index (χ1v) is 3.36. The predicted octanol–water partition coefficient (Wildman–Crippen LogP) is 3.46. The van der Waals surface area contributed by atoms with Crippen molar-refractivity contribution in [2.75, 3.05) is 0 Å². The number of rotatable bonds is 2. The Labute approximate surface area is 64.4 Å². The summed E-state index contributed by atoms with van der Waals surface area (Å²) in [5, 5.41) is 0. The fraction of sp³-hybridized carbons (Fsp3) is 0.500. The lowest BCUT2D eigenvalue weighted by atomic mass is 10.1. The Balaban J connectivity index is 4.21. The van der Waals surface area contributed by atoms with E-state index in [0.29, 0.717) is 0 Å². The van der Waals surface area contributed by atoms with E-state index in [1.807, 2.05) is 0 Å². The van der Waals surface area contributed by atoms with Crippen LogP contribution in [0.15, 0.2) is 23.8 Å². The third-order valence-electron chi connectivity index (χ3n) is 1.29. The molecule has 0 saturated carbocycles. The maximum atomic E-state index is 11.9. The van der Waals surface area contributed by atoms with Crippen molar-refractivity contribution in [3.63, 3.8) is 0 Å². The molecule has 0 aliphatic carbocycles. The molecule has 0 fully saturated rings. The molecule has 3 heteroatoms. The SMILES string of the molecule is C/C=C\C/C(=C\C)C(F)(F)F. The molecule has 0 bridgehead atoms. The standard InChI is InChI=1S/C8H11F3/c1-3-5-6-7(4-2)8(9,10)11/h3-5H,6H2,1-2H3/b5-3-,7-4+. The van der Waals surface area contributed by atoms with Gasteiger partial charge in [-0.3, -0.25) is 0 Å². The molecule has 0 aliphatic rings. The summed E-state index contributed by atoms with van der Waals surface area (Å²) < 4.78 is 35.8. The normalized spacial score (nSPS) is 14.5. The molecule has 0 spiro atoms. The van der Waals surface area contributed by atoms with Gasteiger partial charge in [-0.15, -0.1) is 0 Å². The molecule has 0 saturated heterocycles. The Kier molecular flexibility index (Phi) is 3.93. The average Bonchev–Trinajstić information content (AvgIpc) is 1.87. The number of allylic oxidation sites excluding steroid dienone is 4. The zero-order valence-electron chi connectivity index (χ0n) is 6.57. The quantitative estimate of drug-likeness (QED) is 0.548. The molecule has 0 atom stereocenters. The number of hydrogen-bond acceptors (Lipinski definition) is 0. The van der Waals surface area contributed by atoms with E-state index >= 15 is 0 Å². The van der Waals surface area contributed by atoms with Crippen molar-refractivity contribution in [3.8, 4) is 0 Å². The molecular weight excluding hydrogens is 153 g/mol. The van der Waals surface area contributed by atoms with Crippen LogP contribution in [0.1, 0.15) is 20.3 Å². The van der Waals surface area contributed by atoms with E-state index < -0.39 is 11.7 Å². The minimum absolute atomic E-state index is 0.0312. The molecular formula is C8H11F3. The van der Waals surface area contributed by atoms with Gasteiger partial charge in [0.1, 0.15) is 0 Å². The van der Waals surface area contributed by atoms with Crippen LogP contribution in [-0.2, 0) is 0 Å². The van der Waals surface area contributed by atoms with Crippen LogP contribution < -0.4 is 0 Å². The van der Waals surface area contributed by atoms with Gasteiger partial charge in [-0.05, 0) is 20.3 Å². The van der Waals surface area contributed by atoms with Crippen LogP contribution in [0.5, 0.6) is 0 Å². The Hall–Kier alpha value is -0.730. The molecule has 0 radical (unpaired) electrons. The van der Waals surface area contributed by atoms with Crippen LogP contribution in [0, 0.1) is 0 Å². The summed E-state index contributed by atoms with van der Waals surface area (Å²) in [7, 11) is 0. The van der Waals surface area contributed by atoms with Crippen LogP contribution in [0.25, 0.3) is 0 Å². The number of alkyl halides is 3. The highest BCUT2D eigenvalue weighted by Crippen LogP contribution is 2.27. The molecule has 0 amide bonds. The summed E-state index contributed by atoms with van der Waals surface area (Å²) in [6.07, 6.45) is -0.0111. The van der Waals surface area contributed by atoms with Crippen molar-refractivity contribution >= 4 is 0 Å². The van der Waals surface area contributed by atoms with Crippen LogP contribution in [0.2, 0.25) is 0 Å². The van der Waals surface area contributed by atoms with Crippen molar-refractivity contribution < 1.29 is 13.2 Å². The summed E-state index contributed by atoms with van der Waals surface area (Å²) in [6, 6.07) is 0. The van der Waals surface area contributed by atoms with E-state index in [1.165, 1.54) is 13.0 Å². The first-order valence-electron chi connectivity index (χ1n) is 3.36. The molecule has 0 aromatic rings. The van der Waals surface area contributed by atoms with Crippen LogP contribution in [0.3, 0.4) is 0 Å². The summed E-state index contributed by atoms with van der Waals surface area (Å²) in [4.78, 5) is 0. The third-order valence-corrected chi connectivity index (χ3v) is 1.29. The van der Waals surface area contributed by atoms with Gasteiger partial charge in [0.2, 0.25) is 0 Å². The van der Waals surface area contributed by atoms with Gasteiger partial charge in [0.05, 0.1) is 0 Å². The van der Waals surface area contributed by atoms with E-state index in [1.54, 1.807) is 13.0 Å². The van der Waals surface area contributed by atoms with Crippen LogP contribution in [0.4, 0.5) is 13.2 Å². The molecule has 0 heterocycles. The van der Waals surface area contributed by atoms with Gasteiger partial charge in [0.25, 0.3) is 0 Å². The minimum Gasteiger partial charge on any atom is -0.166 e. The zero-order valence-corrected chi connectivity index (χ0v) is 6.57. The summed E-state index contributed by atoms with van der Waals surface area (Å²) in [5.74, 6) is 0. The number of hydrogen-bond donors (Lipinski definition) is 0. The topological polar surface area (TPSA) is 0 Å². The van der Waals surface area contributed by atoms with Crippen molar-refractivity contribution in [1.82, 2.24) is 0 Å². The molecule has 64 valence electrons. The lowest BCUT2D eigenvalue weighted by molar-refractivity contribution is -0.0930. The van der Waals surface area contributed by atoms with E-state index in [4.69, 9.17) is 0 Å². The maximum Gasteiger partial charge on any atom is 0.412 e. The molecule has 0 aliphatic heterocycles. The highest BCUT2D eigenvalue weighted by molar-refractivity contribution is 5.11. The fourth-order valence-corrected chi connectivity index (χ4v) is 0.642. The monoisotopic (exact) mass is 164 g/mol. The minimum atomic E-state index is -4.17. The van der Waals surface area contributed by atoms with Gasteiger partial charge in [0.15, 0.2) is 0 Å². The average molecular weight is 164 g/mol.